The van der Waals surface area contributed by atoms with Gasteiger partial charge in [-0.25, -0.2) is 0 Å². The van der Waals surface area contributed by atoms with Crippen molar-refractivity contribution in [3.05, 3.63) is 0 Å². The molecule has 0 spiro atoms. The van der Waals surface area contributed by atoms with E-state index in [2.05, 4.69) is 6.92 Å². The minimum absolute atomic E-state index is 0.370. The summed E-state index contributed by atoms with van der Waals surface area (Å²) in [5.41, 5.74) is 0. The normalized spacial score (nSPS) is 15.1. The lowest BCUT2D eigenvalue weighted by Crippen LogP contribution is -2.23. The molecule has 0 saturated carbocycles. The molecule has 1 rings (SSSR count). The highest BCUT2D eigenvalue weighted by Crippen LogP contribution is 2.21. The second kappa shape index (κ2) is 21.1. The third kappa shape index (κ3) is 17.2. The number of carbonyl (C=O) groups is 1. The Labute approximate surface area is 187 Å². The zero-order valence-electron chi connectivity index (χ0n) is 19.7. The number of hydrogen-bond donors (Lipinski definition) is 0. The van der Waals surface area contributed by atoms with Gasteiger partial charge in [0.25, 0.3) is 0 Å². The van der Waals surface area contributed by atoms with Crippen LogP contribution in [0, 0.1) is 0 Å². The smallest absolute Gasteiger partial charge is 0.232 e. The average Bonchev–Trinajstić information content (AvgIpc) is 2.94. The Morgan fingerprint density at radius 2 is 1.07 bits per heavy atom. The van der Waals surface area contributed by atoms with Crippen LogP contribution in [0.1, 0.15) is 148 Å². The van der Waals surface area contributed by atoms with E-state index in [9.17, 15) is 4.79 Å². The molecule has 1 saturated heterocycles. The van der Waals surface area contributed by atoms with E-state index in [1.165, 1.54) is 128 Å². The molecule has 0 atom stereocenters. The quantitative estimate of drug-likeness (QED) is 0.143. The van der Waals surface area contributed by atoms with E-state index in [0.717, 1.165) is 25.1 Å². The molecule has 0 aromatic carbocycles. The summed E-state index contributed by atoms with van der Waals surface area (Å²) in [6.07, 6.45) is 30.0. The zero-order valence-corrected chi connectivity index (χ0v) is 20.6. The monoisotopic (exact) mass is 425 g/mol. The molecule has 172 valence electrons. The third-order valence-electron chi connectivity index (χ3n) is 6.28. The molecule has 1 aliphatic rings. The fourth-order valence-electron chi connectivity index (χ4n) is 4.27. The molecule has 0 aliphatic carbocycles. The summed E-state index contributed by atoms with van der Waals surface area (Å²) >= 11 is 1.79. The molecule has 0 radical (unpaired) electrons. The van der Waals surface area contributed by atoms with Gasteiger partial charge in [0.2, 0.25) is 5.91 Å². The van der Waals surface area contributed by atoms with Gasteiger partial charge in [0, 0.05) is 18.7 Å². The number of rotatable bonds is 20. The minimum Gasteiger partial charge on any atom is -0.286 e. The van der Waals surface area contributed by atoms with Gasteiger partial charge >= 0.3 is 0 Å². The lowest BCUT2D eigenvalue weighted by molar-refractivity contribution is -0.125. The molecule has 1 aliphatic heterocycles. The number of unbranched alkanes of at least 4 members (excludes halogenated alkanes) is 17. The fourth-order valence-corrected chi connectivity index (χ4v) is 5.32. The highest BCUT2D eigenvalue weighted by molar-refractivity contribution is 7.97. The second-order valence-corrected chi connectivity index (χ2v) is 10.3. The van der Waals surface area contributed by atoms with Crippen molar-refractivity contribution in [1.82, 2.24) is 4.31 Å². The van der Waals surface area contributed by atoms with Crippen LogP contribution in [0.5, 0.6) is 0 Å². The predicted molar refractivity (Wildman–Crippen MR) is 131 cm³/mol. The maximum Gasteiger partial charge on any atom is 0.232 e. The molecule has 1 amide bonds. The largest absolute Gasteiger partial charge is 0.286 e. The van der Waals surface area contributed by atoms with Gasteiger partial charge in [-0.1, -0.05) is 122 Å². The lowest BCUT2D eigenvalue weighted by Gasteiger charge is -2.18. The first-order chi connectivity index (χ1) is 14.3. The van der Waals surface area contributed by atoms with Crippen molar-refractivity contribution in [3.63, 3.8) is 0 Å². The van der Waals surface area contributed by atoms with Crippen LogP contribution >= 0.6 is 11.9 Å². The second-order valence-electron chi connectivity index (χ2n) is 9.15. The molecular weight excluding hydrogens is 374 g/mol. The van der Waals surface area contributed by atoms with Gasteiger partial charge in [0.1, 0.15) is 0 Å². The molecule has 0 aromatic rings. The summed E-state index contributed by atoms with van der Waals surface area (Å²) < 4.78 is 2.04. The zero-order chi connectivity index (χ0) is 20.8. The Morgan fingerprint density at radius 3 is 1.55 bits per heavy atom. The van der Waals surface area contributed by atoms with Crippen molar-refractivity contribution in [2.24, 2.45) is 0 Å². The van der Waals surface area contributed by atoms with Gasteiger partial charge in [-0.15, -0.1) is 0 Å². The SMILES string of the molecule is CCCCCCCCCCCCCCCCCCCCSN1CCCCCC1=O. The summed E-state index contributed by atoms with van der Waals surface area (Å²) in [5.74, 6) is 1.50. The van der Waals surface area contributed by atoms with Crippen LogP contribution in [-0.4, -0.2) is 22.5 Å². The van der Waals surface area contributed by atoms with Crippen molar-refractivity contribution in [1.29, 1.82) is 0 Å². The summed E-state index contributed by atoms with van der Waals surface area (Å²) in [6, 6.07) is 0. The molecule has 0 aromatic heterocycles. The first-order valence-electron chi connectivity index (χ1n) is 13.3. The Hall–Kier alpha value is -0.180. The fraction of sp³-hybridized carbons (Fsp3) is 0.962. The van der Waals surface area contributed by atoms with Crippen LogP contribution in [0.4, 0.5) is 0 Å². The van der Waals surface area contributed by atoms with E-state index in [1.807, 2.05) is 4.31 Å². The van der Waals surface area contributed by atoms with Crippen molar-refractivity contribution in [2.45, 2.75) is 148 Å². The van der Waals surface area contributed by atoms with Gasteiger partial charge in [0.15, 0.2) is 0 Å². The number of carbonyl (C=O) groups excluding carboxylic acids is 1. The number of amides is 1. The standard InChI is InChI=1S/C26H51NOS/c1-2-3-4-5-6-7-8-9-10-11-12-13-14-15-16-17-18-22-25-29-27-24-21-19-20-23-26(27)28/h2-25H2,1H3. The van der Waals surface area contributed by atoms with Crippen LogP contribution in [-0.2, 0) is 4.79 Å². The Balaban J connectivity index is 1.71. The van der Waals surface area contributed by atoms with E-state index in [0.29, 0.717) is 5.91 Å². The van der Waals surface area contributed by atoms with Crippen molar-refractivity contribution >= 4 is 17.9 Å². The molecule has 1 fully saturated rings. The molecule has 0 N–H and O–H groups in total. The summed E-state index contributed by atoms with van der Waals surface area (Å²) in [6.45, 7) is 3.27. The van der Waals surface area contributed by atoms with Gasteiger partial charge < -0.3 is 0 Å². The van der Waals surface area contributed by atoms with Crippen LogP contribution in [0.2, 0.25) is 0 Å². The Kier molecular flexibility index (Phi) is 19.5. The summed E-state index contributed by atoms with van der Waals surface area (Å²) in [5, 5.41) is 0. The molecule has 29 heavy (non-hydrogen) atoms. The van der Waals surface area contributed by atoms with Crippen LogP contribution in [0.3, 0.4) is 0 Å². The lowest BCUT2D eigenvalue weighted by atomic mass is 10.0. The first kappa shape index (κ1) is 26.9. The maximum absolute atomic E-state index is 11.9. The van der Waals surface area contributed by atoms with Crippen LogP contribution < -0.4 is 0 Å². The highest BCUT2D eigenvalue weighted by atomic mass is 32.2. The van der Waals surface area contributed by atoms with Gasteiger partial charge in [0.05, 0.1) is 0 Å². The molecular formula is C26H51NOS. The average molecular weight is 426 g/mol. The van der Waals surface area contributed by atoms with E-state index in [-0.39, 0.29) is 0 Å². The summed E-state index contributed by atoms with van der Waals surface area (Å²) in [7, 11) is 0. The summed E-state index contributed by atoms with van der Waals surface area (Å²) in [4.78, 5) is 11.9. The van der Waals surface area contributed by atoms with E-state index in [4.69, 9.17) is 0 Å². The van der Waals surface area contributed by atoms with E-state index in [1.54, 1.807) is 11.9 Å². The van der Waals surface area contributed by atoms with Crippen molar-refractivity contribution in [3.8, 4) is 0 Å². The molecule has 1 heterocycles. The number of nitrogens with zero attached hydrogens (tertiary/aromatic N) is 1. The first-order valence-corrected chi connectivity index (χ1v) is 14.2. The maximum atomic E-state index is 11.9. The molecule has 3 heteroatoms. The topological polar surface area (TPSA) is 20.3 Å². The highest BCUT2D eigenvalue weighted by Gasteiger charge is 2.16. The van der Waals surface area contributed by atoms with E-state index < -0.39 is 0 Å². The number of hydrogen-bond acceptors (Lipinski definition) is 2. The van der Waals surface area contributed by atoms with Crippen molar-refractivity contribution < 1.29 is 4.79 Å². The molecule has 2 nitrogen and oxygen atoms in total. The third-order valence-corrected chi connectivity index (χ3v) is 7.44. The Morgan fingerprint density at radius 1 is 0.621 bits per heavy atom. The Bertz CT molecular complexity index is 361. The van der Waals surface area contributed by atoms with Crippen molar-refractivity contribution in [2.75, 3.05) is 12.3 Å². The molecule has 0 bridgehead atoms. The van der Waals surface area contributed by atoms with Crippen LogP contribution in [0.15, 0.2) is 0 Å². The predicted octanol–water partition coefficient (Wildman–Crippen LogP) is 9.08. The minimum atomic E-state index is 0.370. The van der Waals surface area contributed by atoms with Crippen LogP contribution in [0.25, 0.3) is 0 Å². The van der Waals surface area contributed by atoms with Gasteiger partial charge in [-0.05, 0) is 31.2 Å². The molecule has 0 unspecified atom stereocenters. The van der Waals surface area contributed by atoms with Gasteiger partial charge in [-0.3, -0.25) is 9.10 Å². The van der Waals surface area contributed by atoms with Gasteiger partial charge in [-0.2, -0.15) is 0 Å². The van der Waals surface area contributed by atoms with E-state index >= 15 is 0 Å².